The van der Waals surface area contributed by atoms with Gasteiger partial charge in [0.1, 0.15) is 0 Å². The van der Waals surface area contributed by atoms with E-state index in [1.165, 1.54) is 22.0 Å². The van der Waals surface area contributed by atoms with E-state index in [2.05, 4.69) is 118 Å². The second-order valence-electron chi connectivity index (χ2n) is 7.91. The van der Waals surface area contributed by atoms with Crippen LogP contribution in [0.4, 0.5) is 0 Å². The number of hydrogen-bond donors (Lipinski definition) is 0. The molecule has 26 heavy (non-hydrogen) atoms. The normalized spacial score (nSPS) is 12.5. The lowest BCUT2D eigenvalue weighted by atomic mass is 9.35. The molecule has 2 heteroatoms. The molecule has 0 aliphatic heterocycles. The Morgan fingerprint density at radius 1 is 0.615 bits per heavy atom. The molecule has 0 saturated heterocycles. The van der Waals surface area contributed by atoms with Gasteiger partial charge in [0, 0.05) is 0 Å². The second kappa shape index (κ2) is 7.92. The minimum absolute atomic E-state index is 0.256. The fraction of sp³-hybridized carbons (Fsp3) is 0.167. The quantitative estimate of drug-likeness (QED) is 0.554. The van der Waals surface area contributed by atoms with E-state index in [1.54, 1.807) is 5.20 Å². The van der Waals surface area contributed by atoms with Crippen LogP contribution in [0.1, 0.15) is 12.5 Å². The Labute approximate surface area is 159 Å². The van der Waals surface area contributed by atoms with Gasteiger partial charge in [0.05, 0.1) is 8.07 Å². The zero-order chi connectivity index (χ0) is 18.6. The molecule has 0 N–H and O–H groups in total. The third kappa shape index (κ3) is 4.08. The Hall–Kier alpha value is -2.32. The average Bonchev–Trinajstić information content (AvgIpc) is 2.67. The number of hydrogen-bond acceptors (Lipinski definition) is 0. The molecule has 0 unspecified atom stereocenters. The molecule has 130 valence electrons. The maximum absolute atomic E-state index is 2.44. The highest BCUT2D eigenvalue weighted by molar-refractivity contribution is 7.02. The maximum atomic E-state index is 2.44. The van der Waals surface area contributed by atoms with Crippen molar-refractivity contribution in [2.75, 3.05) is 0 Å². The molecule has 0 amide bonds. The molecule has 0 spiro atoms. The summed E-state index contributed by atoms with van der Waals surface area (Å²) in [6, 6.07) is 32.8. The first kappa shape index (κ1) is 18.5. The number of benzene rings is 3. The molecule has 0 aliphatic carbocycles. The fourth-order valence-electron chi connectivity index (χ4n) is 3.44. The molecule has 0 atom stereocenters. The molecular formula is C24H27BSi. The lowest BCUT2D eigenvalue weighted by Crippen LogP contribution is -2.45. The van der Waals surface area contributed by atoms with E-state index in [0.29, 0.717) is 0 Å². The Morgan fingerprint density at radius 3 is 1.38 bits per heavy atom. The summed E-state index contributed by atoms with van der Waals surface area (Å²) in [6.45, 7) is 9.94. The van der Waals surface area contributed by atoms with Gasteiger partial charge in [-0.15, -0.1) is 0 Å². The van der Waals surface area contributed by atoms with Crippen molar-refractivity contribution in [2.24, 2.45) is 0 Å². The standard InChI is InChI=1S/C24H27BSi/c1-20(26(2,3)4)24(21-14-8-5-9-15-21)25(22-16-10-6-11-17-22)23-18-12-7-13-19-23/h5-19H,1-4H3/b24-20-. The van der Waals surface area contributed by atoms with Crippen LogP contribution in [-0.2, 0) is 0 Å². The van der Waals surface area contributed by atoms with Crippen LogP contribution in [0.3, 0.4) is 0 Å². The van der Waals surface area contributed by atoms with Crippen LogP contribution in [0.5, 0.6) is 0 Å². The first-order valence-corrected chi connectivity index (χ1v) is 12.8. The lowest BCUT2D eigenvalue weighted by molar-refractivity contribution is 1.52. The minimum Gasteiger partial charge on any atom is -0.0880 e. The highest BCUT2D eigenvalue weighted by Crippen LogP contribution is 2.28. The number of rotatable bonds is 5. The van der Waals surface area contributed by atoms with Crippen molar-refractivity contribution >= 4 is 31.2 Å². The van der Waals surface area contributed by atoms with E-state index in [-0.39, 0.29) is 6.71 Å². The van der Waals surface area contributed by atoms with Crippen LogP contribution in [0.25, 0.3) is 5.47 Å². The van der Waals surface area contributed by atoms with Gasteiger partial charge in [-0.3, -0.25) is 0 Å². The van der Waals surface area contributed by atoms with Crippen LogP contribution in [0.15, 0.2) is 96.2 Å². The van der Waals surface area contributed by atoms with E-state index < -0.39 is 8.07 Å². The van der Waals surface area contributed by atoms with Crippen LogP contribution in [0, 0.1) is 0 Å². The molecule has 0 bridgehead atoms. The zero-order valence-electron chi connectivity index (χ0n) is 16.2. The highest BCUT2D eigenvalue weighted by Gasteiger charge is 2.30. The van der Waals surface area contributed by atoms with Gasteiger partial charge in [0.15, 0.2) is 0 Å². The van der Waals surface area contributed by atoms with Crippen molar-refractivity contribution < 1.29 is 0 Å². The van der Waals surface area contributed by atoms with Crippen molar-refractivity contribution in [3.8, 4) is 0 Å². The Balaban J connectivity index is 2.31. The van der Waals surface area contributed by atoms with Crippen molar-refractivity contribution in [1.29, 1.82) is 0 Å². The third-order valence-corrected chi connectivity index (χ3v) is 7.69. The molecule has 0 aliphatic rings. The Morgan fingerprint density at radius 2 is 1.00 bits per heavy atom. The maximum Gasteiger partial charge on any atom is 0.241 e. The predicted octanol–water partition coefficient (Wildman–Crippen LogP) is 5.19. The molecule has 0 radical (unpaired) electrons. The molecule has 3 aromatic carbocycles. The van der Waals surface area contributed by atoms with Crippen LogP contribution in [0.2, 0.25) is 19.6 Å². The van der Waals surface area contributed by atoms with E-state index in [0.717, 1.165) is 0 Å². The SMILES string of the molecule is C/C(=C(/B(c1ccccc1)c1ccccc1)c1ccccc1)[Si](C)(C)C. The largest absolute Gasteiger partial charge is 0.241 e. The Kier molecular flexibility index (Phi) is 5.63. The molecule has 0 saturated carbocycles. The topological polar surface area (TPSA) is 0 Å². The van der Waals surface area contributed by atoms with E-state index >= 15 is 0 Å². The minimum atomic E-state index is -1.46. The molecule has 0 nitrogen and oxygen atoms in total. The summed E-state index contributed by atoms with van der Waals surface area (Å²) >= 11 is 0. The molecule has 0 fully saturated rings. The summed E-state index contributed by atoms with van der Waals surface area (Å²) in [5.41, 5.74) is 5.53. The summed E-state index contributed by atoms with van der Waals surface area (Å²) in [7, 11) is -1.46. The van der Waals surface area contributed by atoms with Crippen molar-refractivity contribution in [2.45, 2.75) is 26.6 Å². The van der Waals surface area contributed by atoms with Crippen molar-refractivity contribution in [3.05, 3.63) is 102 Å². The van der Waals surface area contributed by atoms with Gasteiger partial charge in [0.25, 0.3) is 0 Å². The summed E-state index contributed by atoms with van der Waals surface area (Å²) in [4.78, 5) is 0. The summed E-state index contributed by atoms with van der Waals surface area (Å²) in [5.74, 6) is 0. The Bertz CT molecular complexity index is 823. The van der Waals surface area contributed by atoms with Gasteiger partial charge in [-0.25, -0.2) is 0 Å². The van der Waals surface area contributed by atoms with Crippen LogP contribution < -0.4 is 10.9 Å². The van der Waals surface area contributed by atoms with Crippen LogP contribution in [-0.4, -0.2) is 14.8 Å². The van der Waals surface area contributed by atoms with Gasteiger partial charge < -0.3 is 0 Å². The first-order valence-electron chi connectivity index (χ1n) is 9.35. The molecule has 0 aromatic heterocycles. The van der Waals surface area contributed by atoms with Gasteiger partial charge in [-0.05, 0) is 12.5 Å². The third-order valence-electron chi connectivity index (χ3n) is 5.17. The second-order valence-corrected chi connectivity index (χ2v) is 13.2. The average molecular weight is 354 g/mol. The van der Waals surface area contributed by atoms with Crippen molar-refractivity contribution in [3.63, 3.8) is 0 Å². The molecular weight excluding hydrogens is 327 g/mol. The number of allylic oxidation sites excluding steroid dienone is 1. The zero-order valence-corrected chi connectivity index (χ0v) is 17.2. The lowest BCUT2D eigenvalue weighted by Gasteiger charge is -2.28. The molecule has 0 heterocycles. The fourth-order valence-corrected chi connectivity index (χ4v) is 4.53. The predicted molar refractivity (Wildman–Crippen MR) is 120 cm³/mol. The molecule has 3 rings (SSSR count). The van der Waals surface area contributed by atoms with Gasteiger partial charge in [0.2, 0.25) is 6.71 Å². The summed E-state index contributed by atoms with van der Waals surface area (Å²) < 4.78 is 0. The highest BCUT2D eigenvalue weighted by atomic mass is 28.3. The molecule has 3 aromatic rings. The monoisotopic (exact) mass is 354 g/mol. The van der Waals surface area contributed by atoms with E-state index in [9.17, 15) is 0 Å². The van der Waals surface area contributed by atoms with E-state index in [4.69, 9.17) is 0 Å². The summed E-state index contributed by atoms with van der Waals surface area (Å²) in [5, 5.41) is 1.57. The first-order chi connectivity index (χ1) is 12.5. The van der Waals surface area contributed by atoms with E-state index in [1.807, 2.05) is 0 Å². The smallest absolute Gasteiger partial charge is 0.0880 e. The van der Waals surface area contributed by atoms with Gasteiger partial charge in [-0.2, -0.15) is 0 Å². The van der Waals surface area contributed by atoms with Gasteiger partial charge in [-0.1, -0.05) is 132 Å². The van der Waals surface area contributed by atoms with Crippen molar-refractivity contribution in [1.82, 2.24) is 0 Å². The van der Waals surface area contributed by atoms with Crippen LogP contribution >= 0.6 is 0 Å². The summed E-state index contributed by atoms with van der Waals surface area (Å²) in [6.07, 6.45) is 0. The van der Waals surface area contributed by atoms with Gasteiger partial charge >= 0.3 is 0 Å².